The molecule has 0 radical (unpaired) electrons. The Labute approximate surface area is 128 Å². The van der Waals surface area contributed by atoms with Crippen molar-refractivity contribution in [3.63, 3.8) is 0 Å². The van der Waals surface area contributed by atoms with Gasteiger partial charge in [-0.15, -0.1) is 0 Å². The van der Waals surface area contributed by atoms with Crippen molar-refractivity contribution < 1.29 is 15.0 Å². The number of ketones is 1. The van der Waals surface area contributed by atoms with E-state index in [1.54, 1.807) is 0 Å². The Morgan fingerprint density at radius 1 is 1.29 bits per heavy atom. The summed E-state index contributed by atoms with van der Waals surface area (Å²) < 4.78 is 0. The fraction of sp³-hybridized carbons (Fsp3) is 0.438. The molecule has 0 aromatic heterocycles. The van der Waals surface area contributed by atoms with Crippen LogP contribution in [0, 0.1) is 5.92 Å². The van der Waals surface area contributed by atoms with E-state index in [1.165, 1.54) is 17.7 Å². The molecule has 1 aromatic carbocycles. The van der Waals surface area contributed by atoms with Gasteiger partial charge in [0.1, 0.15) is 5.78 Å². The zero-order valence-electron chi connectivity index (χ0n) is 11.6. The van der Waals surface area contributed by atoms with Gasteiger partial charge >= 0.3 is 0 Å². The molecule has 0 amide bonds. The summed E-state index contributed by atoms with van der Waals surface area (Å²) in [6.07, 6.45) is 4.82. The average molecular weight is 308 g/mol. The van der Waals surface area contributed by atoms with Crippen LogP contribution in [0.3, 0.4) is 0 Å². The molecule has 1 aliphatic heterocycles. The quantitative estimate of drug-likeness (QED) is 0.580. The zero-order chi connectivity index (χ0) is 15.0. The lowest BCUT2D eigenvalue weighted by atomic mass is 9.77. The number of carbonyl (C=O) groups excluding carboxylic acids is 1. The van der Waals surface area contributed by atoms with Crippen LogP contribution in [0.2, 0.25) is 5.02 Å². The Hall–Kier alpha value is -1.52. The number of halogens is 1. The molecule has 3 N–H and O–H groups in total. The summed E-state index contributed by atoms with van der Waals surface area (Å²) in [5.41, 5.74) is 2.08. The van der Waals surface area contributed by atoms with Gasteiger partial charge in [0, 0.05) is 30.0 Å². The lowest BCUT2D eigenvalue weighted by Crippen LogP contribution is -2.43. The number of rotatable bonds is 2. The summed E-state index contributed by atoms with van der Waals surface area (Å²) in [7, 11) is 0. The molecule has 2 unspecified atom stereocenters. The monoisotopic (exact) mass is 307 g/mol. The second-order valence-corrected chi connectivity index (χ2v) is 6.19. The van der Waals surface area contributed by atoms with Gasteiger partial charge in [0.2, 0.25) is 0 Å². The van der Waals surface area contributed by atoms with Crippen molar-refractivity contribution in [3.8, 4) is 11.5 Å². The molecule has 1 aromatic rings. The molecular formula is C16H18ClNO3. The van der Waals surface area contributed by atoms with Crippen molar-refractivity contribution in [2.75, 3.05) is 6.54 Å². The first-order valence-corrected chi connectivity index (χ1v) is 7.57. The standard InChI is InChI=1S/C16H18ClNO3/c17-13-8-16(21)15(20)7-10(13)6-14-12-2-1-11(19)5-9(12)3-4-18-14/h2,7-9,14,18,20-21H,1,3-6H2. The molecular weight excluding hydrogens is 290 g/mol. The Balaban J connectivity index is 1.84. The highest BCUT2D eigenvalue weighted by Gasteiger charge is 2.31. The van der Waals surface area contributed by atoms with Crippen molar-refractivity contribution in [3.05, 3.63) is 34.4 Å². The second kappa shape index (κ2) is 5.70. The second-order valence-electron chi connectivity index (χ2n) is 5.78. The molecule has 3 rings (SSSR count). The van der Waals surface area contributed by atoms with Gasteiger partial charge in [-0.05, 0) is 36.9 Å². The average Bonchev–Trinajstić information content (AvgIpc) is 2.44. The molecule has 1 fully saturated rings. The molecule has 2 aliphatic rings. The Morgan fingerprint density at radius 2 is 2.05 bits per heavy atom. The molecule has 21 heavy (non-hydrogen) atoms. The number of fused-ring (bicyclic) bond motifs is 1. The van der Waals surface area contributed by atoms with E-state index in [1.807, 2.05) is 6.08 Å². The number of allylic oxidation sites excluding steroid dienone is 1. The molecule has 1 heterocycles. The van der Waals surface area contributed by atoms with E-state index in [0.717, 1.165) is 18.5 Å². The minimum Gasteiger partial charge on any atom is -0.504 e. The van der Waals surface area contributed by atoms with Crippen molar-refractivity contribution in [2.45, 2.75) is 31.7 Å². The molecule has 112 valence electrons. The first-order valence-electron chi connectivity index (χ1n) is 7.20. The maximum atomic E-state index is 11.6. The van der Waals surface area contributed by atoms with Gasteiger partial charge in [-0.3, -0.25) is 4.79 Å². The van der Waals surface area contributed by atoms with Crippen molar-refractivity contribution >= 4 is 17.4 Å². The minimum absolute atomic E-state index is 0.137. The Morgan fingerprint density at radius 3 is 2.86 bits per heavy atom. The number of nitrogens with one attached hydrogen (secondary N) is 1. The van der Waals surface area contributed by atoms with E-state index in [4.69, 9.17) is 11.6 Å². The summed E-state index contributed by atoms with van der Waals surface area (Å²) in [4.78, 5) is 11.6. The van der Waals surface area contributed by atoms with Gasteiger partial charge in [0.15, 0.2) is 11.5 Å². The smallest absolute Gasteiger partial charge is 0.158 e. The molecule has 1 aliphatic carbocycles. The van der Waals surface area contributed by atoms with Crippen molar-refractivity contribution in [1.82, 2.24) is 5.32 Å². The fourth-order valence-corrected chi connectivity index (χ4v) is 3.52. The van der Waals surface area contributed by atoms with E-state index in [0.29, 0.717) is 36.0 Å². The van der Waals surface area contributed by atoms with E-state index in [-0.39, 0.29) is 17.5 Å². The van der Waals surface area contributed by atoms with Crippen LogP contribution >= 0.6 is 11.6 Å². The summed E-state index contributed by atoms with van der Waals surface area (Å²) in [6.45, 7) is 0.877. The third kappa shape index (κ3) is 2.92. The van der Waals surface area contributed by atoms with Crippen LogP contribution in [0.15, 0.2) is 23.8 Å². The van der Waals surface area contributed by atoms with E-state index < -0.39 is 0 Å². The summed E-state index contributed by atoms with van der Waals surface area (Å²) in [5, 5.41) is 23.0. The first-order chi connectivity index (χ1) is 10.0. The lowest BCUT2D eigenvalue weighted by molar-refractivity contribution is -0.119. The number of Topliss-reactive ketones (excluding diaryl/α,β-unsaturated/α-hetero) is 1. The topological polar surface area (TPSA) is 69.6 Å². The molecule has 2 atom stereocenters. The number of hydrogen-bond donors (Lipinski definition) is 3. The van der Waals surface area contributed by atoms with E-state index in [2.05, 4.69) is 5.32 Å². The maximum Gasteiger partial charge on any atom is 0.158 e. The number of piperidine rings is 1. The number of aromatic hydroxyl groups is 2. The third-order valence-corrected chi connectivity index (χ3v) is 4.72. The van der Waals surface area contributed by atoms with Gasteiger partial charge in [-0.1, -0.05) is 23.3 Å². The Bertz CT molecular complexity index is 612. The van der Waals surface area contributed by atoms with Crippen LogP contribution in [0.1, 0.15) is 24.8 Å². The SMILES string of the molecule is O=C1CC=C2C(CCNC2Cc2cc(O)c(O)cc2Cl)C1. The number of carbonyl (C=O) groups is 1. The number of phenolic OH excluding ortho intramolecular Hbond substituents is 2. The maximum absolute atomic E-state index is 11.6. The highest BCUT2D eigenvalue weighted by atomic mass is 35.5. The van der Waals surface area contributed by atoms with Crippen LogP contribution in [0.4, 0.5) is 0 Å². The third-order valence-electron chi connectivity index (χ3n) is 4.36. The van der Waals surface area contributed by atoms with Gasteiger partial charge < -0.3 is 15.5 Å². The summed E-state index contributed by atoms with van der Waals surface area (Å²) in [5.74, 6) is 0.280. The molecule has 0 spiro atoms. The van der Waals surface area contributed by atoms with E-state index in [9.17, 15) is 15.0 Å². The molecule has 1 saturated heterocycles. The zero-order valence-corrected chi connectivity index (χ0v) is 12.4. The number of phenols is 2. The van der Waals surface area contributed by atoms with Crippen LogP contribution in [0.25, 0.3) is 0 Å². The molecule has 0 bridgehead atoms. The molecule has 4 nitrogen and oxygen atoms in total. The predicted molar refractivity (Wildman–Crippen MR) is 80.7 cm³/mol. The van der Waals surface area contributed by atoms with Crippen LogP contribution in [-0.4, -0.2) is 28.6 Å². The van der Waals surface area contributed by atoms with Crippen LogP contribution in [-0.2, 0) is 11.2 Å². The van der Waals surface area contributed by atoms with Gasteiger partial charge in [0.05, 0.1) is 0 Å². The van der Waals surface area contributed by atoms with Gasteiger partial charge in [0.25, 0.3) is 0 Å². The highest BCUT2D eigenvalue weighted by Crippen LogP contribution is 2.36. The highest BCUT2D eigenvalue weighted by molar-refractivity contribution is 6.31. The van der Waals surface area contributed by atoms with Crippen molar-refractivity contribution in [2.24, 2.45) is 5.92 Å². The van der Waals surface area contributed by atoms with Gasteiger partial charge in [-0.25, -0.2) is 0 Å². The predicted octanol–water partition coefficient (Wildman–Crippen LogP) is 2.56. The Kier molecular flexibility index (Phi) is 3.91. The van der Waals surface area contributed by atoms with Crippen LogP contribution < -0.4 is 5.32 Å². The van der Waals surface area contributed by atoms with E-state index >= 15 is 0 Å². The number of hydrogen-bond acceptors (Lipinski definition) is 4. The molecule has 5 heteroatoms. The van der Waals surface area contributed by atoms with Crippen LogP contribution in [0.5, 0.6) is 11.5 Å². The largest absolute Gasteiger partial charge is 0.504 e. The normalized spacial score (nSPS) is 25.4. The molecule has 0 saturated carbocycles. The minimum atomic E-state index is -0.208. The summed E-state index contributed by atoms with van der Waals surface area (Å²) in [6, 6.07) is 3.02. The summed E-state index contributed by atoms with van der Waals surface area (Å²) >= 11 is 6.15. The van der Waals surface area contributed by atoms with Crippen molar-refractivity contribution in [1.29, 1.82) is 0 Å². The number of benzene rings is 1. The first kappa shape index (κ1) is 14.4. The van der Waals surface area contributed by atoms with Gasteiger partial charge in [-0.2, -0.15) is 0 Å². The fourth-order valence-electron chi connectivity index (χ4n) is 3.28. The lowest BCUT2D eigenvalue weighted by Gasteiger charge is -2.36.